The molecule has 0 heterocycles. The lowest BCUT2D eigenvalue weighted by Crippen LogP contribution is -2.40. The predicted molar refractivity (Wildman–Crippen MR) is 62.3 cm³/mol. The average molecular weight is 291 g/mol. The summed E-state index contributed by atoms with van der Waals surface area (Å²) in [5, 5.41) is 8.79. The zero-order chi connectivity index (χ0) is 15.5. The number of rotatable bonds is 4. The minimum atomic E-state index is -4.86. The number of carboxylic acids is 1. The summed E-state index contributed by atoms with van der Waals surface area (Å²) in [6.45, 7) is 1.29. The second-order valence-corrected chi connectivity index (χ2v) is 4.01. The molecule has 1 aromatic rings. The Labute approximate surface area is 112 Å². The van der Waals surface area contributed by atoms with Gasteiger partial charge in [0.1, 0.15) is 11.8 Å². The summed E-state index contributed by atoms with van der Waals surface area (Å²) in [7, 11) is 1.25. The lowest BCUT2D eigenvalue weighted by atomic mass is 10.1. The molecule has 1 unspecified atom stereocenters. The fraction of sp³-hybridized carbons (Fsp3) is 0.333. The van der Waals surface area contributed by atoms with Gasteiger partial charge in [0.25, 0.3) is 5.91 Å². The molecule has 0 aliphatic heterocycles. The first-order chi connectivity index (χ1) is 9.11. The third-order valence-corrected chi connectivity index (χ3v) is 2.57. The summed E-state index contributed by atoms with van der Waals surface area (Å²) >= 11 is 0. The normalized spacial score (nSPS) is 12.7. The third kappa shape index (κ3) is 4.15. The number of nitrogens with zero attached hydrogens (tertiary/aromatic N) is 1. The van der Waals surface area contributed by atoms with Crippen LogP contribution in [0, 0.1) is 0 Å². The summed E-state index contributed by atoms with van der Waals surface area (Å²) in [5.41, 5.74) is -0.0950. The van der Waals surface area contributed by atoms with E-state index in [-0.39, 0.29) is 5.56 Å². The van der Waals surface area contributed by atoms with Gasteiger partial charge in [-0.2, -0.15) is 0 Å². The Balaban J connectivity index is 2.94. The molecule has 0 bridgehead atoms. The van der Waals surface area contributed by atoms with Crippen molar-refractivity contribution in [1.82, 2.24) is 4.90 Å². The fourth-order valence-corrected chi connectivity index (χ4v) is 1.37. The Morgan fingerprint density at radius 1 is 1.35 bits per heavy atom. The Bertz CT molecular complexity index is 516. The average Bonchev–Trinajstić information content (AvgIpc) is 2.34. The van der Waals surface area contributed by atoms with Crippen LogP contribution >= 0.6 is 0 Å². The molecule has 0 saturated carbocycles. The molecule has 0 aliphatic carbocycles. The van der Waals surface area contributed by atoms with Crippen LogP contribution in [0.3, 0.4) is 0 Å². The van der Waals surface area contributed by atoms with Crippen LogP contribution in [0.1, 0.15) is 17.3 Å². The Morgan fingerprint density at radius 3 is 2.45 bits per heavy atom. The number of likely N-dealkylation sites (N-methyl/N-ethyl adjacent to an activating group) is 1. The van der Waals surface area contributed by atoms with E-state index in [1.165, 1.54) is 26.1 Å². The quantitative estimate of drug-likeness (QED) is 0.922. The number of alkyl halides is 3. The maximum absolute atomic E-state index is 12.1. The van der Waals surface area contributed by atoms with Crippen LogP contribution in [0.25, 0.3) is 0 Å². The van der Waals surface area contributed by atoms with Crippen LogP contribution in [-0.2, 0) is 4.79 Å². The maximum Gasteiger partial charge on any atom is 0.573 e. The smallest absolute Gasteiger partial charge is 0.480 e. The van der Waals surface area contributed by atoms with Crippen molar-refractivity contribution < 1.29 is 32.6 Å². The van der Waals surface area contributed by atoms with Crippen LogP contribution in [0.5, 0.6) is 5.75 Å². The molecule has 8 heteroatoms. The van der Waals surface area contributed by atoms with Gasteiger partial charge < -0.3 is 14.7 Å². The standard InChI is InChI=1S/C12H12F3NO4/c1-7(11(18)19)16(2)10(17)8-4-3-5-9(6-8)20-12(13,14)15/h3-7H,1-2H3,(H,18,19). The fourth-order valence-electron chi connectivity index (χ4n) is 1.37. The molecule has 0 spiro atoms. The number of carboxylic acid groups (broad SMARTS) is 1. The highest BCUT2D eigenvalue weighted by Gasteiger charge is 2.31. The number of hydrogen-bond acceptors (Lipinski definition) is 3. The van der Waals surface area contributed by atoms with Gasteiger partial charge in [-0.1, -0.05) is 6.07 Å². The van der Waals surface area contributed by atoms with E-state index in [9.17, 15) is 22.8 Å². The summed E-state index contributed by atoms with van der Waals surface area (Å²) in [6, 6.07) is 3.34. The molecule has 0 radical (unpaired) electrons. The zero-order valence-electron chi connectivity index (χ0n) is 10.6. The van der Waals surface area contributed by atoms with Crippen molar-refractivity contribution in [3.8, 4) is 5.75 Å². The number of carbonyl (C=O) groups is 2. The third-order valence-electron chi connectivity index (χ3n) is 2.57. The molecule has 0 fully saturated rings. The van der Waals surface area contributed by atoms with Gasteiger partial charge in [-0.3, -0.25) is 4.79 Å². The van der Waals surface area contributed by atoms with Crippen LogP contribution < -0.4 is 4.74 Å². The number of carbonyl (C=O) groups excluding carboxylic acids is 1. The van der Waals surface area contributed by atoms with E-state index >= 15 is 0 Å². The number of hydrogen-bond donors (Lipinski definition) is 1. The van der Waals surface area contributed by atoms with Gasteiger partial charge >= 0.3 is 12.3 Å². The highest BCUT2D eigenvalue weighted by Crippen LogP contribution is 2.23. The van der Waals surface area contributed by atoms with Crippen LogP contribution in [0.4, 0.5) is 13.2 Å². The second-order valence-electron chi connectivity index (χ2n) is 4.01. The first-order valence-electron chi connectivity index (χ1n) is 5.47. The number of aliphatic carboxylic acids is 1. The number of benzene rings is 1. The number of ether oxygens (including phenoxy) is 1. The number of amides is 1. The van der Waals surface area contributed by atoms with Crippen molar-refractivity contribution in [3.05, 3.63) is 29.8 Å². The predicted octanol–water partition coefficient (Wildman–Crippen LogP) is 2.13. The summed E-state index contributed by atoms with van der Waals surface area (Å²) < 4.78 is 39.9. The molecule has 1 rings (SSSR count). The molecule has 110 valence electrons. The van der Waals surface area contributed by atoms with E-state index in [1.807, 2.05) is 0 Å². The minimum Gasteiger partial charge on any atom is -0.480 e. The summed E-state index contributed by atoms with van der Waals surface area (Å²) in [4.78, 5) is 23.6. The molecule has 0 aromatic heterocycles. The van der Waals surface area contributed by atoms with Gasteiger partial charge in [-0.05, 0) is 25.1 Å². The van der Waals surface area contributed by atoms with Crippen molar-refractivity contribution in [2.45, 2.75) is 19.3 Å². The monoisotopic (exact) mass is 291 g/mol. The molecule has 1 atom stereocenters. The summed E-state index contributed by atoms with van der Waals surface area (Å²) in [5.74, 6) is -2.48. The van der Waals surface area contributed by atoms with Gasteiger partial charge in [-0.15, -0.1) is 13.2 Å². The molecule has 20 heavy (non-hydrogen) atoms. The van der Waals surface area contributed by atoms with Crippen molar-refractivity contribution >= 4 is 11.9 Å². The minimum absolute atomic E-state index is 0.0950. The van der Waals surface area contributed by atoms with Crippen molar-refractivity contribution in [3.63, 3.8) is 0 Å². The molecule has 0 saturated heterocycles. The SMILES string of the molecule is CC(C(=O)O)N(C)C(=O)c1cccc(OC(F)(F)F)c1. The molecule has 0 aliphatic rings. The highest BCUT2D eigenvalue weighted by molar-refractivity contribution is 5.96. The maximum atomic E-state index is 12.1. The van der Waals surface area contributed by atoms with Gasteiger partial charge in [0.2, 0.25) is 0 Å². The van der Waals surface area contributed by atoms with Crippen LogP contribution in [0.15, 0.2) is 24.3 Å². The van der Waals surface area contributed by atoms with E-state index in [1.54, 1.807) is 0 Å². The van der Waals surface area contributed by atoms with Crippen LogP contribution in [0.2, 0.25) is 0 Å². The van der Waals surface area contributed by atoms with E-state index in [0.717, 1.165) is 17.0 Å². The Morgan fingerprint density at radius 2 is 1.95 bits per heavy atom. The topological polar surface area (TPSA) is 66.8 Å². The Kier molecular flexibility index (Phi) is 4.59. The number of halogens is 3. The van der Waals surface area contributed by atoms with E-state index in [4.69, 9.17) is 5.11 Å². The molecule has 5 nitrogen and oxygen atoms in total. The first-order valence-corrected chi connectivity index (χ1v) is 5.47. The lowest BCUT2D eigenvalue weighted by Gasteiger charge is -2.21. The van der Waals surface area contributed by atoms with Crippen molar-refractivity contribution in [2.75, 3.05) is 7.05 Å². The summed E-state index contributed by atoms with van der Waals surface area (Å²) in [6.07, 6.45) is -4.86. The van der Waals surface area contributed by atoms with Gasteiger partial charge in [-0.25, -0.2) is 4.79 Å². The molecular formula is C12H12F3NO4. The first kappa shape index (κ1) is 15.8. The lowest BCUT2D eigenvalue weighted by molar-refractivity contribution is -0.274. The van der Waals surface area contributed by atoms with E-state index in [0.29, 0.717) is 0 Å². The van der Waals surface area contributed by atoms with Crippen molar-refractivity contribution in [1.29, 1.82) is 0 Å². The molecule has 1 N–H and O–H groups in total. The van der Waals surface area contributed by atoms with E-state index < -0.39 is 30.0 Å². The Hall–Kier alpha value is -2.25. The molecular weight excluding hydrogens is 279 g/mol. The molecule has 1 amide bonds. The van der Waals surface area contributed by atoms with E-state index in [2.05, 4.69) is 4.74 Å². The molecule has 1 aromatic carbocycles. The largest absolute Gasteiger partial charge is 0.573 e. The highest BCUT2D eigenvalue weighted by atomic mass is 19.4. The van der Waals surface area contributed by atoms with Crippen molar-refractivity contribution in [2.24, 2.45) is 0 Å². The van der Waals surface area contributed by atoms with Crippen LogP contribution in [-0.4, -0.2) is 41.3 Å². The van der Waals surface area contributed by atoms with Gasteiger partial charge in [0, 0.05) is 12.6 Å². The van der Waals surface area contributed by atoms with Gasteiger partial charge in [0.15, 0.2) is 0 Å². The zero-order valence-corrected chi connectivity index (χ0v) is 10.6. The van der Waals surface area contributed by atoms with Gasteiger partial charge in [0.05, 0.1) is 0 Å². The second kappa shape index (κ2) is 5.81.